The largest absolute Gasteiger partial charge is 0.508 e. The Labute approximate surface area is 110 Å². The monoisotopic (exact) mass is 269 g/mol. The maximum Gasteiger partial charge on any atom is 0.310 e. The quantitative estimate of drug-likeness (QED) is 0.839. The average Bonchev–Trinajstić information content (AvgIpc) is 2.36. The Morgan fingerprint density at radius 1 is 1.47 bits per heavy atom. The van der Waals surface area contributed by atoms with E-state index in [1.54, 1.807) is 6.92 Å². The number of aromatic hydroxyl groups is 1. The van der Waals surface area contributed by atoms with E-state index < -0.39 is 23.6 Å². The van der Waals surface area contributed by atoms with Gasteiger partial charge in [0, 0.05) is 19.7 Å². The summed E-state index contributed by atoms with van der Waals surface area (Å²) in [6.07, 6.45) is 0. The Bertz CT molecular complexity index is 490. The minimum absolute atomic E-state index is 0.117. The third kappa shape index (κ3) is 3.67. The molecule has 0 fully saturated rings. The molecule has 1 aromatic rings. The molecule has 1 rings (SSSR count). The zero-order valence-electron chi connectivity index (χ0n) is 11.0. The third-order valence-corrected chi connectivity index (χ3v) is 2.68. The van der Waals surface area contributed by atoms with Crippen LogP contribution in [0.15, 0.2) is 18.2 Å². The highest BCUT2D eigenvalue weighted by atomic mass is 19.1. The second-order valence-corrected chi connectivity index (χ2v) is 4.27. The van der Waals surface area contributed by atoms with Crippen molar-refractivity contribution in [3.05, 3.63) is 29.6 Å². The fourth-order valence-corrected chi connectivity index (χ4v) is 1.65. The summed E-state index contributed by atoms with van der Waals surface area (Å²) < 4.78 is 18.1. The second-order valence-electron chi connectivity index (χ2n) is 4.27. The van der Waals surface area contributed by atoms with Gasteiger partial charge in [-0.05, 0) is 12.1 Å². The first-order valence-electron chi connectivity index (χ1n) is 5.68. The number of carbonyl (C=O) groups is 2. The summed E-state index contributed by atoms with van der Waals surface area (Å²) in [6.45, 7) is 1.73. The van der Waals surface area contributed by atoms with E-state index in [2.05, 4.69) is 4.74 Å². The molecule has 0 aliphatic heterocycles. The number of amides is 1. The Kier molecular flexibility index (Phi) is 4.86. The van der Waals surface area contributed by atoms with Crippen LogP contribution in [0.5, 0.6) is 5.75 Å². The first-order chi connectivity index (χ1) is 8.86. The van der Waals surface area contributed by atoms with Crippen LogP contribution in [0.25, 0.3) is 0 Å². The smallest absolute Gasteiger partial charge is 0.310 e. The summed E-state index contributed by atoms with van der Waals surface area (Å²) in [5.41, 5.74) is -0.155. The van der Waals surface area contributed by atoms with E-state index in [4.69, 9.17) is 5.11 Å². The molecule has 104 valence electrons. The van der Waals surface area contributed by atoms with Gasteiger partial charge in [0.25, 0.3) is 5.91 Å². The molecule has 0 radical (unpaired) electrons. The number of rotatable bonds is 4. The predicted octanol–water partition coefficient (Wildman–Crippen LogP) is 1.41. The molecule has 19 heavy (non-hydrogen) atoms. The van der Waals surface area contributed by atoms with E-state index in [1.807, 2.05) is 0 Å². The van der Waals surface area contributed by atoms with Crippen molar-refractivity contribution in [3.8, 4) is 5.75 Å². The second kappa shape index (κ2) is 6.17. The number of hydrogen-bond donors (Lipinski definition) is 1. The molecule has 0 bridgehead atoms. The first-order valence-corrected chi connectivity index (χ1v) is 5.68. The van der Waals surface area contributed by atoms with E-state index in [-0.39, 0.29) is 17.9 Å². The van der Waals surface area contributed by atoms with Crippen LogP contribution in [0, 0.1) is 11.7 Å². The molecule has 0 aromatic heterocycles. The lowest BCUT2D eigenvalue weighted by atomic mass is 10.1. The first kappa shape index (κ1) is 14.9. The summed E-state index contributed by atoms with van der Waals surface area (Å²) in [7, 11) is 2.73. The molecule has 1 aromatic carbocycles. The van der Waals surface area contributed by atoms with Crippen molar-refractivity contribution in [2.24, 2.45) is 5.92 Å². The van der Waals surface area contributed by atoms with E-state index in [0.29, 0.717) is 0 Å². The highest BCUT2D eigenvalue weighted by molar-refractivity contribution is 5.94. The van der Waals surface area contributed by atoms with Crippen LogP contribution in [0.3, 0.4) is 0 Å². The van der Waals surface area contributed by atoms with Crippen molar-refractivity contribution in [1.29, 1.82) is 0 Å². The summed E-state index contributed by atoms with van der Waals surface area (Å²) in [4.78, 5) is 24.5. The van der Waals surface area contributed by atoms with E-state index in [1.165, 1.54) is 31.2 Å². The van der Waals surface area contributed by atoms with Crippen LogP contribution in [-0.4, -0.2) is 42.6 Å². The number of nitrogens with zero attached hydrogens (tertiary/aromatic N) is 1. The van der Waals surface area contributed by atoms with Crippen molar-refractivity contribution >= 4 is 11.9 Å². The minimum atomic E-state index is -0.803. The Morgan fingerprint density at radius 2 is 2.11 bits per heavy atom. The molecule has 1 atom stereocenters. The maximum atomic E-state index is 13.5. The normalized spacial score (nSPS) is 11.8. The van der Waals surface area contributed by atoms with Gasteiger partial charge in [-0.3, -0.25) is 9.59 Å². The van der Waals surface area contributed by atoms with Crippen LogP contribution < -0.4 is 0 Å². The topological polar surface area (TPSA) is 66.8 Å². The van der Waals surface area contributed by atoms with Gasteiger partial charge in [0.15, 0.2) is 0 Å². The Morgan fingerprint density at radius 3 is 2.63 bits per heavy atom. The van der Waals surface area contributed by atoms with Gasteiger partial charge in [-0.15, -0.1) is 0 Å². The molecule has 6 heteroatoms. The molecule has 0 aliphatic carbocycles. The van der Waals surface area contributed by atoms with Crippen LogP contribution >= 0.6 is 0 Å². The third-order valence-electron chi connectivity index (χ3n) is 2.68. The molecule has 0 saturated carbocycles. The Hall–Kier alpha value is -2.11. The van der Waals surface area contributed by atoms with Crippen molar-refractivity contribution in [2.75, 3.05) is 20.7 Å². The summed E-state index contributed by atoms with van der Waals surface area (Å²) >= 11 is 0. The van der Waals surface area contributed by atoms with Crippen molar-refractivity contribution in [2.45, 2.75) is 6.92 Å². The van der Waals surface area contributed by atoms with Crippen LogP contribution in [0.4, 0.5) is 4.39 Å². The van der Waals surface area contributed by atoms with Crippen molar-refractivity contribution in [1.82, 2.24) is 4.90 Å². The van der Waals surface area contributed by atoms with E-state index in [0.717, 1.165) is 6.07 Å². The highest BCUT2D eigenvalue weighted by Gasteiger charge is 2.21. The molecule has 0 heterocycles. The van der Waals surface area contributed by atoms with Gasteiger partial charge in [0.1, 0.15) is 11.6 Å². The number of phenolic OH excluding ortho intramolecular Hbond substituents is 1. The van der Waals surface area contributed by atoms with E-state index in [9.17, 15) is 14.0 Å². The highest BCUT2D eigenvalue weighted by Crippen LogP contribution is 2.17. The van der Waals surface area contributed by atoms with E-state index >= 15 is 0 Å². The molecule has 5 nitrogen and oxygen atoms in total. The van der Waals surface area contributed by atoms with Crippen LogP contribution in [0.2, 0.25) is 0 Å². The zero-order valence-corrected chi connectivity index (χ0v) is 11.0. The fourth-order valence-electron chi connectivity index (χ4n) is 1.65. The molecule has 1 N–H and O–H groups in total. The van der Waals surface area contributed by atoms with Gasteiger partial charge < -0.3 is 14.7 Å². The maximum absolute atomic E-state index is 13.5. The summed E-state index contributed by atoms with van der Waals surface area (Å²) in [5, 5.41) is 9.08. The molecular formula is C13H16FNO4. The number of esters is 1. The predicted molar refractivity (Wildman–Crippen MR) is 66.2 cm³/mol. The SMILES string of the molecule is COC(=O)C(C)CN(C)C(=O)c1ccc(O)cc1F. The van der Waals surface area contributed by atoms with Gasteiger partial charge >= 0.3 is 5.97 Å². The van der Waals surface area contributed by atoms with Crippen molar-refractivity contribution < 1.29 is 23.8 Å². The molecule has 0 aliphatic rings. The summed E-state index contributed by atoms with van der Waals surface area (Å²) in [5.74, 6) is -2.56. The fraction of sp³-hybridized carbons (Fsp3) is 0.385. The number of carbonyl (C=O) groups excluding carboxylic acids is 2. The molecule has 1 amide bonds. The number of hydrogen-bond acceptors (Lipinski definition) is 4. The number of ether oxygens (including phenoxy) is 1. The zero-order chi connectivity index (χ0) is 14.6. The minimum Gasteiger partial charge on any atom is -0.508 e. The number of halogens is 1. The number of phenols is 1. The summed E-state index contributed by atoms with van der Waals surface area (Å²) in [6, 6.07) is 3.30. The lowest BCUT2D eigenvalue weighted by Gasteiger charge is -2.20. The average molecular weight is 269 g/mol. The lowest BCUT2D eigenvalue weighted by Crippen LogP contribution is -2.34. The lowest BCUT2D eigenvalue weighted by molar-refractivity contribution is -0.145. The standard InChI is InChI=1S/C13H16FNO4/c1-8(13(18)19-3)7-15(2)12(17)10-5-4-9(16)6-11(10)14/h4-6,8,16H,7H2,1-3H3. The van der Waals surface area contributed by atoms with Gasteiger partial charge in [0.2, 0.25) is 0 Å². The molecule has 1 unspecified atom stereocenters. The number of methoxy groups -OCH3 is 1. The number of benzene rings is 1. The molecule has 0 spiro atoms. The van der Waals surface area contributed by atoms with Gasteiger partial charge in [0.05, 0.1) is 18.6 Å². The van der Waals surface area contributed by atoms with Crippen LogP contribution in [-0.2, 0) is 9.53 Å². The van der Waals surface area contributed by atoms with Crippen LogP contribution in [0.1, 0.15) is 17.3 Å². The van der Waals surface area contributed by atoms with Crippen molar-refractivity contribution in [3.63, 3.8) is 0 Å². The van der Waals surface area contributed by atoms with Gasteiger partial charge in [-0.25, -0.2) is 4.39 Å². The molecule has 0 saturated heterocycles. The van der Waals surface area contributed by atoms with Gasteiger partial charge in [-0.1, -0.05) is 6.92 Å². The Balaban J connectivity index is 2.79. The molecular weight excluding hydrogens is 253 g/mol. The van der Waals surface area contributed by atoms with Gasteiger partial charge in [-0.2, -0.15) is 0 Å².